The SMILES string of the molecule is Cc1nc2sc([C@H](c3ccc(C(C)C)cc3)[NH+]3C[C@@H](C)C[C@H](C)C3)c(O)n2n1. The van der Waals surface area contributed by atoms with E-state index >= 15 is 0 Å². The molecule has 3 heterocycles. The highest BCUT2D eigenvalue weighted by Crippen LogP contribution is 2.36. The smallest absolute Gasteiger partial charge is 0.235 e. The van der Waals surface area contributed by atoms with Gasteiger partial charge in [-0.2, -0.15) is 4.52 Å². The first-order valence-electron chi connectivity index (χ1n) is 10.3. The Labute approximate surface area is 171 Å². The van der Waals surface area contributed by atoms with Crippen LogP contribution in [0.15, 0.2) is 24.3 Å². The second-order valence-corrected chi connectivity index (χ2v) is 9.92. The zero-order valence-corrected chi connectivity index (χ0v) is 18.3. The molecular formula is C22H31N4OS+. The molecule has 0 spiro atoms. The van der Waals surface area contributed by atoms with Crippen molar-refractivity contribution in [3.8, 4) is 5.88 Å². The number of piperidine rings is 1. The van der Waals surface area contributed by atoms with Crippen molar-refractivity contribution in [3.63, 3.8) is 0 Å². The van der Waals surface area contributed by atoms with E-state index in [9.17, 15) is 5.11 Å². The lowest BCUT2D eigenvalue weighted by molar-refractivity contribution is -0.936. The van der Waals surface area contributed by atoms with E-state index in [1.165, 1.54) is 22.4 Å². The van der Waals surface area contributed by atoms with Crippen LogP contribution in [0, 0.1) is 18.8 Å². The summed E-state index contributed by atoms with van der Waals surface area (Å²) in [4.78, 5) is 7.76. The van der Waals surface area contributed by atoms with Gasteiger partial charge in [-0.05, 0) is 24.8 Å². The summed E-state index contributed by atoms with van der Waals surface area (Å²) in [6.45, 7) is 13.2. The third-order valence-electron chi connectivity index (χ3n) is 5.94. The number of benzene rings is 1. The highest BCUT2D eigenvalue weighted by atomic mass is 32.1. The number of thiazole rings is 1. The molecule has 6 heteroatoms. The van der Waals surface area contributed by atoms with E-state index in [4.69, 9.17) is 0 Å². The predicted molar refractivity (Wildman–Crippen MR) is 113 cm³/mol. The molecule has 1 aliphatic heterocycles. The Hall–Kier alpha value is -1.92. The summed E-state index contributed by atoms with van der Waals surface area (Å²) < 4.78 is 1.60. The molecule has 5 nitrogen and oxygen atoms in total. The molecule has 0 aliphatic carbocycles. The van der Waals surface area contributed by atoms with Crippen LogP contribution >= 0.6 is 11.3 Å². The maximum absolute atomic E-state index is 11.0. The lowest BCUT2D eigenvalue weighted by Gasteiger charge is -2.37. The number of likely N-dealkylation sites (tertiary alicyclic amines) is 1. The summed E-state index contributed by atoms with van der Waals surface area (Å²) in [6.07, 6.45) is 1.28. The van der Waals surface area contributed by atoms with Crippen LogP contribution in [0.25, 0.3) is 4.96 Å². The molecule has 28 heavy (non-hydrogen) atoms. The molecule has 4 rings (SSSR count). The highest BCUT2D eigenvalue weighted by Gasteiger charge is 2.37. The van der Waals surface area contributed by atoms with E-state index in [-0.39, 0.29) is 11.9 Å². The maximum Gasteiger partial charge on any atom is 0.235 e. The number of quaternary nitrogens is 1. The van der Waals surface area contributed by atoms with Crippen molar-refractivity contribution in [1.82, 2.24) is 14.6 Å². The van der Waals surface area contributed by atoms with Crippen LogP contribution in [0.2, 0.25) is 0 Å². The average Bonchev–Trinajstić information content (AvgIpc) is 3.13. The van der Waals surface area contributed by atoms with Crippen molar-refractivity contribution >= 4 is 16.3 Å². The van der Waals surface area contributed by atoms with E-state index in [2.05, 4.69) is 62.0 Å². The van der Waals surface area contributed by atoms with Crippen LogP contribution in [-0.4, -0.2) is 32.8 Å². The minimum Gasteiger partial charge on any atom is -0.492 e. The van der Waals surface area contributed by atoms with Gasteiger partial charge in [-0.15, -0.1) is 5.10 Å². The molecule has 0 radical (unpaired) electrons. The quantitative estimate of drug-likeness (QED) is 0.705. The fourth-order valence-electron chi connectivity index (χ4n) is 4.75. The fraction of sp³-hybridized carbons (Fsp3) is 0.545. The minimum atomic E-state index is 0.111. The average molecular weight is 400 g/mol. The van der Waals surface area contributed by atoms with E-state index in [0.29, 0.717) is 23.6 Å². The van der Waals surface area contributed by atoms with Crippen molar-refractivity contribution in [2.75, 3.05) is 13.1 Å². The molecule has 1 saturated heterocycles. The fourth-order valence-corrected chi connectivity index (χ4v) is 5.94. The third-order valence-corrected chi connectivity index (χ3v) is 7.02. The number of aryl methyl sites for hydroxylation is 1. The van der Waals surface area contributed by atoms with Crippen LogP contribution in [0.3, 0.4) is 0 Å². The second kappa shape index (κ2) is 7.48. The first kappa shape index (κ1) is 19.4. The number of rotatable bonds is 4. The molecule has 2 N–H and O–H groups in total. The van der Waals surface area contributed by atoms with Crippen LogP contribution in [0.1, 0.15) is 67.9 Å². The Bertz CT molecular complexity index is 949. The van der Waals surface area contributed by atoms with Crippen molar-refractivity contribution in [2.45, 2.75) is 53.0 Å². The Kier molecular flexibility index (Phi) is 5.19. The predicted octanol–water partition coefficient (Wildman–Crippen LogP) is 3.58. The minimum absolute atomic E-state index is 0.111. The van der Waals surface area contributed by atoms with Crippen LogP contribution < -0.4 is 4.90 Å². The molecule has 0 amide bonds. The van der Waals surface area contributed by atoms with Crippen molar-refractivity contribution in [1.29, 1.82) is 0 Å². The zero-order valence-electron chi connectivity index (χ0n) is 17.4. The molecule has 0 saturated carbocycles. The Morgan fingerprint density at radius 1 is 1.11 bits per heavy atom. The first-order chi connectivity index (χ1) is 13.3. The lowest BCUT2D eigenvalue weighted by Crippen LogP contribution is -3.14. The number of nitrogens with zero attached hydrogens (tertiary/aromatic N) is 3. The van der Waals surface area contributed by atoms with Crippen molar-refractivity contribution in [2.24, 2.45) is 11.8 Å². The summed E-state index contributed by atoms with van der Waals surface area (Å²) >= 11 is 1.57. The molecular weight excluding hydrogens is 368 g/mol. The molecule has 2 aromatic heterocycles. The molecule has 3 atom stereocenters. The Morgan fingerprint density at radius 2 is 1.71 bits per heavy atom. The summed E-state index contributed by atoms with van der Waals surface area (Å²) in [5.74, 6) is 2.82. The lowest BCUT2D eigenvalue weighted by atomic mass is 9.89. The molecule has 150 valence electrons. The number of fused-ring (bicyclic) bond motifs is 1. The number of nitrogens with one attached hydrogen (secondary N) is 1. The van der Waals surface area contributed by atoms with E-state index < -0.39 is 0 Å². The Balaban J connectivity index is 1.80. The van der Waals surface area contributed by atoms with Gasteiger partial charge in [0.2, 0.25) is 10.8 Å². The number of aromatic nitrogens is 3. The normalized spacial score (nSPS) is 24.1. The van der Waals surface area contributed by atoms with E-state index in [0.717, 1.165) is 22.9 Å². The van der Waals surface area contributed by atoms with E-state index in [1.54, 1.807) is 15.9 Å². The van der Waals surface area contributed by atoms with Gasteiger partial charge in [0.15, 0.2) is 6.04 Å². The third kappa shape index (κ3) is 3.55. The summed E-state index contributed by atoms with van der Waals surface area (Å²) in [6, 6.07) is 9.08. The second-order valence-electron chi connectivity index (χ2n) is 8.91. The zero-order chi connectivity index (χ0) is 20.0. The van der Waals surface area contributed by atoms with Gasteiger partial charge in [-0.25, -0.2) is 4.98 Å². The van der Waals surface area contributed by atoms with Gasteiger partial charge in [0, 0.05) is 17.4 Å². The monoisotopic (exact) mass is 399 g/mol. The topological polar surface area (TPSA) is 54.9 Å². The van der Waals surface area contributed by atoms with Crippen LogP contribution in [0.5, 0.6) is 5.88 Å². The van der Waals surface area contributed by atoms with Crippen molar-refractivity contribution < 1.29 is 10.0 Å². The number of aromatic hydroxyl groups is 1. The van der Waals surface area contributed by atoms with E-state index in [1.807, 2.05) is 6.92 Å². The van der Waals surface area contributed by atoms with Gasteiger partial charge in [0.25, 0.3) is 0 Å². The largest absolute Gasteiger partial charge is 0.492 e. The van der Waals surface area contributed by atoms with Gasteiger partial charge in [0.1, 0.15) is 10.7 Å². The Morgan fingerprint density at radius 3 is 2.29 bits per heavy atom. The van der Waals surface area contributed by atoms with Gasteiger partial charge in [0.05, 0.1) is 13.1 Å². The summed E-state index contributed by atoms with van der Waals surface area (Å²) in [5, 5.41) is 15.4. The first-order valence-corrected chi connectivity index (χ1v) is 11.1. The van der Waals surface area contributed by atoms with Crippen LogP contribution in [-0.2, 0) is 0 Å². The highest BCUT2D eigenvalue weighted by molar-refractivity contribution is 7.17. The maximum atomic E-state index is 11.0. The molecule has 3 aromatic rings. The summed E-state index contributed by atoms with van der Waals surface area (Å²) in [5.41, 5.74) is 2.61. The number of hydrogen-bond acceptors (Lipinski definition) is 4. The van der Waals surface area contributed by atoms with Gasteiger partial charge in [-0.1, -0.05) is 63.3 Å². The molecule has 0 unspecified atom stereocenters. The van der Waals surface area contributed by atoms with Crippen LogP contribution in [0.4, 0.5) is 0 Å². The molecule has 1 aromatic carbocycles. The van der Waals surface area contributed by atoms with Gasteiger partial charge >= 0.3 is 0 Å². The molecule has 1 fully saturated rings. The van der Waals surface area contributed by atoms with Gasteiger partial charge < -0.3 is 10.0 Å². The summed E-state index contributed by atoms with van der Waals surface area (Å²) in [7, 11) is 0. The number of hydrogen-bond donors (Lipinski definition) is 2. The standard InChI is InChI=1S/C22H30N4OS/c1-13(2)17-6-8-18(9-7-17)19(25-11-14(3)10-15(4)12-25)20-21(27)26-22(28-20)23-16(5)24-26/h6-9,13-15,19,27H,10-12H2,1-5H3/p+1/t14-,15-,19-/m0/s1. The van der Waals surface area contributed by atoms with Gasteiger partial charge in [-0.3, -0.25) is 0 Å². The molecule has 0 bridgehead atoms. The molecule has 1 aliphatic rings. The van der Waals surface area contributed by atoms with Crippen molar-refractivity contribution in [3.05, 3.63) is 46.1 Å².